The second kappa shape index (κ2) is 6.84. The van der Waals surface area contributed by atoms with Crippen molar-refractivity contribution in [3.05, 3.63) is 38.3 Å². The molecule has 0 aromatic heterocycles. The molecule has 1 aromatic rings. The van der Waals surface area contributed by atoms with E-state index in [9.17, 15) is 14.9 Å². The Bertz CT molecular complexity index is 615. The Hall–Kier alpha value is -1.67. The second-order valence-corrected chi connectivity index (χ2v) is 7.42. The van der Waals surface area contributed by atoms with E-state index >= 15 is 0 Å². The van der Waals surface area contributed by atoms with Crippen LogP contribution in [0.2, 0.25) is 0 Å². The average molecular weight is 386 g/mol. The maximum Gasteiger partial charge on any atom is 0.407 e. The number of hydrogen-bond donors (Lipinski definition) is 2. The zero-order valence-corrected chi connectivity index (χ0v) is 14.8. The Labute approximate surface area is 143 Å². The van der Waals surface area contributed by atoms with Crippen molar-refractivity contribution in [1.29, 1.82) is 0 Å². The first-order valence-electron chi connectivity index (χ1n) is 7.31. The molecule has 0 saturated heterocycles. The maximum absolute atomic E-state index is 11.7. The van der Waals surface area contributed by atoms with Gasteiger partial charge in [0.2, 0.25) is 0 Å². The van der Waals surface area contributed by atoms with Crippen LogP contribution < -0.4 is 10.6 Å². The molecule has 1 amide bonds. The van der Waals surface area contributed by atoms with Crippen molar-refractivity contribution in [1.82, 2.24) is 10.6 Å². The molecule has 23 heavy (non-hydrogen) atoms. The lowest BCUT2D eigenvalue weighted by molar-refractivity contribution is -0.385. The highest BCUT2D eigenvalue weighted by Gasteiger charge is 2.39. The van der Waals surface area contributed by atoms with E-state index in [0.29, 0.717) is 16.6 Å². The van der Waals surface area contributed by atoms with Gasteiger partial charge in [-0.1, -0.05) is 15.9 Å². The number of amides is 1. The SMILES string of the molecule is CC(C)(C)OC(=O)NC1CC1NCc1ccc(Br)cc1[N+](=O)[O-]. The standard InChI is InChI=1S/C15H20BrN3O4/c1-15(2,3)23-14(20)18-12-7-11(12)17-8-9-4-5-10(16)6-13(9)19(21)22/h4-6,11-12,17H,7-8H2,1-3H3,(H,18,20). The molecule has 2 atom stereocenters. The van der Waals surface area contributed by atoms with Crippen molar-refractivity contribution in [2.75, 3.05) is 0 Å². The highest BCUT2D eigenvalue weighted by atomic mass is 79.9. The monoisotopic (exact) mass is 385 g/mol. The van der Waals surface area contributed by atoms with E-state index in [1.54, 1.807) is 12.1 Å². The molecule has 1 aliphatic rings. The number of ether oxygens (including phenoxy) is 1. The van der Waals surface area contributed by atoms with Gasteiger partial charge in [0.1, 0.15) is 5.60 Å². The number of nitro benzene ring substituents is 1. The molecule has 0 heterocycles. The van der Waals surface area contributed by atoms with Crippen molar-refractivity contribution < 1.29 is 14.5 Å². The molecule has 1 saturated carbocycles. The largest absolute Gasteiger partial charge is 0.444 e. The van der Waals surface area contributed by atoms with Gasteiger partial charge in [-0.25, -0.2) is 4.79 Å². The summed E-state index contributed by atoms with van der Waals surface area (Å²) in [6.45, 7) is 5.80. The highest BCUT2D eigenvalue weighted by Crippen LogP contribution is 2.26. The van der Waals surface area contributed by atoms with Crippen molar-refractivity contribution in [3.63, 3.8) is 0 Å². The summed E-state index contributed by atoms with van der Waals surface area (Å²) in [7, 11) is 0. The lowest BCUT2D eigenvalue weighted by Crippen LogP contribution is -2.36. The number of nitrogens with zero attached hydrogens (tertiary/aromatic N) is 1. The van der Waals surface area contributed by atoms with E-state index in [1.807, 2.05) is 20.8 Å². The molecule has 0 radical (unpaired) electrons. The average Bonchev–Trinajstić information content (AvgIpc) is 3.12. The normalized spacial score (nSPS) is 20.0. The van der Waals surface area contributed by atoms with Gasteiger partial charge in [-0.2, -0.15) is 0 Å². The third-order valence-electron chi connectivity index (χ3n) is 3.29. The summed E-state index contributed by atoms with van der Waals surface area (Å²) in [6, 6.07) is 5.08. The fourth-order valence-electron chi connectivity index (χ4n) is 2.14. The molecule has 0 bridgehead atoms. The quantitative estimate of drug-likeness (QED) is 0.599. The van der Waals surface area contributed by atoms with Crippen molar-refractivity contribution in [2.45, 2.75) is 51.4 Å². The van der Waals surface area contributed by atoms with Crippen LogP contribution >= 0.6 is 15.9 Å². The number of alkyl carbamates (subject to hydrolysis) is 1. The molecule has 7 nitrogen and oxygen atoms in total. The lowest BCUT2D eigenvalue weighted by Gasteiger charge is -2.19. The predicted octanol–water partition coefficient (Wildman–Crippen LogP) is 3.11. The summed E-state index contributed by atoms with van der Waals surface area (Å²) in [6.07, 6.45) is 0.338. The Morgan fingerprint density at radius 1 is 1.43 bits per heavy atom. The molecular formula is C15H20BrN3O4. The van der Waals surface area contributed by atoms with Crippen molar-refractivity contribution >= 4 is 27.7 Å². The zero-order valence-electron chi connectivity index (χ0n) is 13.3. The van der Waals surface area contributed by atoms with Gasteiger partial charge in [0.25, 0.3) is 5.69 Å². The number of nitrogens with one attached hydrogen (secondary N) is 2. The van der Waals surface area contributed by atoms with Gasteiger partial charge < -0.3 is 15.4 Å². The van der Waals surface area contributed by atoms with Crippen LogP contribution in [-0.2, 0) is 11.3 Å². The van der Waals surface area contributed by atoms with Gasteiger partial charge in [0.05, 0.1) is 4.92 Å². The number of rotatable bonds is 5. The summed E-state index contributed by atoms with van der Waals surface area (Å²) in [4.78, 5) is 22.3. The molecule has 2 unspecified atom stereocenters. The summed E-state index contributed by atoms with van der Waals surface area (Å²) < 4.78 is 5.86. The Kier molecular flexibility index (Phi) is 5.26. The molecule has 1 aromatic carbocycles. The number of halogens is 1. The van der Waals surface area contributed by atoms with Crippen LogP contribution in [0.4, 0.5) is 10.5 Å². The molecule has 0 spiro atoms. The molecule has 1 fully saturated rings. The third-order valence-corrected chi connectivity index (χ3v) is 3.78. The van der Waals surface area contributed by atoms with Crippen LogP contribution in [0, 0.1) is 10.1 Å². The highest BCUT2D eigenvalue weighted by molar-refractivity contribution is 9.10. The van der Waals surface area contributed by atoms with Crippen LogP contribution in [0.5, 0.6) is 0 Å². The molecular weight excluding hydrogens is 366 g/mol. The van der Waals surface area contributed by atoms with Crippen LogP contribution in [0.3, 0.4) is 0 Å². The minimum atomic E-state index is -0.528. The second-order valence-electron chi connectivity index (χ2n) is 6.51. The molecule has 1 aliphatic carbocycles. The fraction of sp³-hybridized carbons (Fsp3) is 0.533. The topological polar surface area (TPSA) is 93.5 Å². The number of carbonyl (C=O) groups excluding carboxylic acids is 1. The fourth-order valence-corrected chi connectivity index (χ4v) is 2.49. The van der Waals surface area contributed by atoms with E-state index in [0.717, 1.165) is 6.42 Å². The third kappa shape index (κ3) is 5.47. The van der Waals surface area contributed by atoms with E-state index in [-0.39, 0.29) is 17.8 Å². The van der Waals surface area contributed by atoms with E-state index in [4.69, 9.17) is 4.74 Å². The minimum Gasteiger partial charge on any atom is -0.444 e. The Morgan fingerprint density at radius 2 is 2.13 bits per heavy atom. The Balaban J connectivity index is 1.83. The smallest absolute Gasteiger partial charge is 0.407 e. The van der Waals surface area contributed by atoms with Crippen molar-refractivity contribution in [3.8, 4) is 0 Å². The molecule has 0 aliphatic heterocycles. The maximum atomic E-state index is 11.7. The number of nitro groups is 1. The van der Waals surface area contributed by atoms with Crippen LogP contribution in [0.1, 0.15) is 32.8 Å². The van der Waals surface area contributed by atoms with Gasteiger partial charge >= 0.3 is 6.09 Å². The molecule has 8 heteroatoms. The first kappa shape index (κ1) is 17.7. The van der Waals surface area contributed by atoms with Crippen molar-refractivity contribution in [2.24, 2.45) is 0 Å². The summed E-state index contributed by atoms with van der Waals surface area (Å²) >= 11 is 3.23. The van der Waals surface area contributed by atoms with Crippen LogP contribution in [0.25, 0.3) is 0 Å². The first-order valence-corrected chi connectivity index (χ1v) is 8.11. The molecule has 2 rings (SSSR count). The first-order chi connectivity index (χ1) is 10.7. The van der Waals surface area contributed by atoms with Gasteiger partial charge in [0.15, 0.2) is 0 Å². The van der Waals surface area contributed by atoms with Gasteiger partial charge in [-0.05, 0) is 39.3 Å². The predicted molar refractivity (Wildman–Crippen MR) is 89.2 cm³/mol. The number of hydrogen-bond acceptors (Lipinski definition) is 5. The van der Waals surface area contributed by atoms with Gasteiger partial charge in [-0.3, -0.25) is 10.1 Å². The minimum absolute atomic E-state index is 0.000598. The lowest BCUT2D eigenvalue weighted by atomic mass is 10.2. The van der Waals surface area contributed by atoms with Gasteiger partial charge in [-0.15, -0.1) is 0 Å². The van der Waals surface area contributed by atoms with E-state index < -0.39 is 16.6 Å². The summed E-state index contributed by atoms with van der Waals surface area (Å²) in [5.74, 6) is 0. The summed E-state index contributed by atoms with van der Waals surface area (Å²) in [5, 5.41) is 17.1. The number of carbonyl (C=O) groups is 1. The molecule has 2 N–H and O–H groups in total. The Morgan fingerprint density at radius 3 is 2.74 bits per heavy atom. The van der Waals surface area contributed by atoms with Gasteiger partial charge in [0, 0.05) is 34.7 Å². The van der Waals surface area contributed by atoms with E-state index in [2.05, 4.69) is 26.6 Å². The summed E-state index contributed by atoms with van der Waals surface area (Å²) in [5.41, 5.74) is 0.158. The molecule has 126 valence electrons. The van der Waals surface area contributed by atoms with Crippen LogP contribution in [0.15, 0.2) is 22.7 Å². The van der Waals surface area contributed by atoms with E-state index in [1.165, 1.54) is 6.07 Å². The van der Waals surface area contributed by atoms with Crippen LogP contribution in [-0.4, -0.2) is 28.7 Å². The number of benzene rings is 1. The zero-order chi connectivity index (χ0) is 17.2.